The molecule has 5 rings (SSSR count). The predicted molar refractivity (Wildman–Crippen MR) is 151 cm³/mol. The van der Waals surface area contributed by atoms with E-state index in [1.54, 1.807) is 6.08 Å². The van der Waals surface area contributed by atoms with E-state index in [1.807, 2.05) is 25.4 Å². The lowest BCUT2D eigenvalue weighted by Gasteiger charge is -2.44. The van der Waals surface area contributed by atoms with Crippen LogP contribution in [0.3, 0.4) is 0 Å². The van der Waals surface area contributed by atoms with Crippen molar-refractivity contribution in [2.75, 3.05) is 11.9 Å². The van der Waals surface area contributed by atoms with E-state index >= 15 is 0 Å². The molecule has 188 valence electrons. The zero-order valence-electron chi connectivity index (χ0n) is 21.3. The highest BCUT2D eigenvalue weighted by molar-refractivity contribution is 6.08. The van der Waals surface area contributed by atoms with Gasteiger partial charge in [-0.15, -0.1) is 0 Å². The number of carboxylic acid groups (broad SMARTS) is 1. The smallest absolute Gasteiger partial charge is 0.328 e. The first-order valence-electron chi connectivity index (χ1n) is 12.9. The van der Waals surface area contributed by atoms with Gasteiger partial charge in [-0.1, -0.05) is 54.6 Å². The van der Waals surface area contributed by atoms with Crippen molar-refractivity contribution < 1.29 is 9.90 Å². The average molecular weight is 492 g/mol. The van der Waals surface area contributed by atoms with Crippen LogP contribution in [-0.2, 0) is 11.2 Å². The van der Waals surface area contributed by atoms with Gasteiger partial charge in [0.05, 0.1) is 6.04 Å². The Hall–Kier alpha value is -4.12. The van der Waals surface area contributed by atoms with Crippen LogP contribution in [0.4, 0.5) is 5.69 Å². The minimum atomic E-state index is -0.952. The molecule has 3 N–H and O–H groups in total. The van der Waals surface area contributed by atoms with Crippen molar-refractivity contribution in [3.8, 4) is 0 Å². The van der Waals surface area contributed by atoms with Gasteiger partial charge in [-0.3, -0.25) is 0 Å². The number of allylic oxidation sites excluding steroid dienone is 1. The van der Waals surface area contributed by atoms with Gasteiger partial charge in [0, 0.05) is 42.8 Å². The van der Waals surface area contributed by atoms with Crippen molar-refractivity contribution in [1.29, 1.82) is 5.41 Å². The highest BCUT2D eigenvalue weighted by atomic mass is 16.4. The molecule has 0 aromatic heterocycles. The highest BCUT2D eigenvalue weighted by Gasteiger charge is 2.34. The molecule has 1 aliphatic carbocycles. The summed E-state index contributed by atoms with van der Waals surface area (Å²) in [5.74, 6) is -0.227. The number of carboxylic acids is 1. The molecule has 1 aliphatic heterocycles. The summed E-state index contributed by atoms with van der Waals surface area (Å²) in [7, 11) is 1.85. The number of nitrogens with one attached hydrogen (secondary N) is 2. The van der Waals surface area contributed by atoms with E-state index in [0.29, 0.717) is 0 Å². The van der Waals surface area contributed by atoms with Crippen molar-refractivity contribution in [3.05, 3.63) is 112 Å². The molecule has 3 aromatic carbocycles. The number of hydrogen-bond donors (Lipinski definition) is 3. The van der Waals surface area contributed by atoms with Gasteiger partial charge in [0.25, 0.3) is 0 Å². The molecular formula is C32H33N3O2. The summed E-state index contributed by atoms with van der Waals surface area (Å²) >= 11 is 0. The van der Waals surface area contributed by atoms with Gasteiger partial charge >= 0.3 is 5.97 Å². The standard InChI is InChI=1S/C32H33N3O2/c1-21-17-27-18-26(28(19-33)20-34-2)12-15-30(27)32(25-6-3-22(4-7-25)5-16-31(36)37)35(21)29-13-10-24(11-14-29)23-8-9-23/h3-7,10-16,18-21,23,32-34H,8-9,17H2,1-2H3,(H,36,37)/b16-5+,28-20+,33-19?. The van der Waals surface area contributed by atoms with Crippen molar-refractivity contribution in [2.24, 2.45) is 0 Å². The maximum absolute atomic E-state index is 11.0. The van der Waals surface area contributed by atoms with Gasteiger partial charge in [0.1, 0.15) is 0 Å². The van der Waals surface area contributed by atoms with Crippen LogP contribution in [0.2, 0.25) is 0 Å². The summed E-state index contributed by atoms with van der Waals surface area (Å²) in [5.41, 5.74) is 9.10. The molecule has 3 aromatic rings. The van der Waals surface area contributed by atoms with E-state index in [-0.39, 0.29) is 12.1 Å². The van der Waals surface area contributed by atoms with E-state index in [1.165, 1.54) is 47.5 Å². The molecule has 0 spiro atoms. The van der Waals surface area contributed by atoms with E-state index in [0.717, 1.165) is 34.6 Å². The minimum Gasteiger partial charge on any atom is -0.478 e. The first kappa shape index (κ1) is 24.6. The molecule has 37 heavy (non-hydrogen) atoms. The summed E-state index contributed by atoms with van der Waals surface area (Å²) in [4.78, 5) is 13.5. The number of rotatable bonds is 8. The zero-order chi connectivity index (χ0) is 25.9. The summed E-state index contributed by atoms with van der Waals surface area (Å²) < 4.78 is 0. The fraction of sp³-hybridized carbons (Fsp3) is 0.250. The Bertz CT molecular complexity index is 1350. The van der Waals surface area contributed by atoms with Crippen LogP contribution in [0.15, 0.2) is 79.0 Å². The first-order valence-corrected chi connectivity index (χ1v) is 12.9. The summed E-state index contributed by atoms with van der Waals surface area (Å²) in [6.45, 7) is 2.28. The molecule has 0 bridgehead atoms. The molecule has 2 atom stereocenters. The fourth-order valence-corrected chi connectivity index (χ4v) is 5.45. The molecule has 5 heteroatoms. The van der Waals surface area contributed by atoms with E-state index in [2.05, 4.69) is 71.7 Å². The Balaban J connectivity index is 1.58. The van der Waals surface area contributed by atoms with E-state index in [9.17, 15) is 4.79 Å². The molecule has 1 fully saturated rings. The van der Waals surface area contributed by atoms with Gasteiger partial charge in [0.15, 0.2) is 0 Å². The van der Waals surface area contributed by atoms with Crippen molar-refractivity contribution in [1.82, 2.24) is 5.32 Å². The van der Waals surface area contributed by atoms with Crippen molar-refractivity contribution in [3.63, 3.8) is 0 Å². The quantitative estimate of drug-likeness (QED) is 0.251. The van der Waals surface area contributed by atoms with Crippen LogP contribution in [0.25, 0.3) is 11.6 Å². The van der Waals surface area contributed by atoms with E-state index in [4.69, 9.17) is 10.5 Å². The number of nitrogens with zero attached hydrogens (tertiary/aromatic N) is 1. The van der Waals surface area contributed by atoms with Crippen LogP contribution < -0.4 is 10.2 Å². The zero-order valence-corrected chi connectivity index (χ0v) is 21.3. The van der Waals surface area contributed by atoms with Crippen LogP contribution in [-0.4, -0.2) is 30.4 Å². The van der Waals surface area contributed by atoms with Gasteiger partial charge < -0.3 is 20.7 Å². The topological polar surface area (TPSA) is 76.4 Å². The second-order valence-corrected chi connectivity index (χ2v) is 10.0. The average Bonchev–Trinajstić information content (AvgIpc) is 3.76. The third-order valence-corrected chi connectivity index (χ3v) is 7.41. The van der Waals surface area contributed by atoms with Gasteiger partial charge in [-0.25, -0.2) is 4.79 Å². The van der Waals surface area contributed by atoms with Gasteiger partial charge in [0.2, 0.25) is 0 Å². The molecule has 1 heterocycles. The maximum atomic E-state index is 11.0. The van der Waals surface area contributed by atoms with Gasteiger partial charge in [-0.2, -0.15) is 0 Å². The molecule has 5 nitrogen and oxygen atoms in total. The predicted octanol–water partition coefficient (Wildman–Crippen LogP) is 6.41. The third-order valence-electron chi connectivity index (χ3n) is 7.41. The lowest BCUT2D eigenvalue weighted by Crippen LogP contribution is -2.43. The fourth-order valence-electron chi connectivity index (χ4n) is 5.45. The highest BCUT2D eigenvalue weighted by Crippen LogP contribution is 2.44. The normalized spacial score (nSPS) is 19.5. The largest absolute Gasteiger partial charge is 0.478 e. The van der Waals surface area contributed by atoms with Crippen molar-refractivity contribution >= 4 is 29.5 Å². The second kappa shape index (κ2) is 10.5. The number of carbonyl (C=O) groups is 1. The number of benzene rings is 3. The first-order chi connectivity index (χ1) is 18.0. The molecule has 0 amide bonds. The molecule has 0 saturated heterocycles. The molecule has 0 radical (unpaired) electrons. The molecule has 1 saturated carbocycles. The second-order valence-electron chi connectivity index (χ2n) is 10.0. The third kappa shape index (κ3) is 5.21. The minimum absolute atomic E-state index is 0.0220. The SMILES string of the molecule is CN/C=C(\C=N)c1ccc2c(c1)CC(C)N(c1ccc(C3CC3)cc1)C2c1ccc(/C=C/C(=O)O)cc1. The number of fused-ring (bicyclic) bond motifs is 1. The number of hydrogen-bond acceptors (Lipinski definition) is 4. The Morgan fingerprint density at radius 3 is 2.35 bits per heavy atom. The number of aliphatic carboxylic acids is 1. The summed E-state index contributed by atoms with van der Waals surface area (Å²) in [5, 5.41) is 19.9. The van der Waals surface area contributed by atoms with Crippen LogP contribution >= 0.6 is 0 Å². The Labute approximate surface area is 218 Å². The maximum Gasteiger partial charge on any atom is 0.328 e. The Morgan fingerprint density at radius 2 is 1.73 bits per heavy atom. The van der Waals surface area contributed by atoms with Crippen LogP contribution in [0, 0.1) is 5.41 Å². The Kier molecular flexibility index (Phi) is 6.95. The summed E-state index contributed by atoms with van der Waals surface area (Å²) in [6.07, 6.45) is 9.53. The molecule has 2 unspecified atom stereocenters. The lowest BCUT2D eigenvalue weighted by molar-refractivity contribution is -0.131. The summed E-state index contributed by atoms with van der Waals surface area (Å²) in [6, 6.07) is 24.1. The van der Waals surface area contributed by atoms with Crippen LogP contribution in [0.1, 0.15) is 65.1 Å². The van der Waals surface area contributed by atoms with Crippen molar-refractivity contribution in [2.45, 2.75) is 44.2 Å². The molecule has 2 aliphatic rings. The van der Waals surface area contributed by atoms with Gasteiger partial charge in [-0.05, 0) is 83.7 Å². The Morgan fingerprint density at radius 1 is 1.03 bits per heavy atom. The lowest BCUT2D eigenvalue weighted by atomic mass is 9.83. The monoisotopic (exact) mass is 491 g/mol. The van der Waals surface area contributed by atoms with Crippen LogP contribution in [0.5, 0.6) is 0 Å². The van der Waals surface area contributed by atoms with E-state index < -0.39 is 5.97 Å². The molecular weight excluding hydrogens is 458 g/mol. The number of anilines is 1.